The predicted molar refractivity (Wildman–Crippen MR) is 71.6 cm³/mol. The Morgan fingerprint density at radius 2 is 1.81 bits per heavy atom. The van der Waals surface area contributed by atoms with Gasteiger partial charge in [0, 0.05) is 31.9 Å². The molecule has 0 atom stereocenters. The van der Waals surface area contributed by atoms with E-state index in [9.17, 15) is 0 Å². The Kier molecular flexibility index (Phi) is 6.55. The van der Waals surface area contributed by atoms with Crippen LogP contribution in [0.2, 0.25) is 0 Å². The lowest BCUT2D eigenvalue weighted by atomic mass is 10.1. The molecule has 1 rings (SSSR count). The molecule has 0 aromatic carbocycles. The lowest BCUT2D eigenvalue weighted by Crippen LogP contribution is -2.32. The number of likely N-dealkylation sites (N-methyl/N-ethyl adjacent to an activating group) is 1. The number of rotatable bonds is 7. The highest BCUT2D eigenvalue weighted by Gasteiger charge is 2.13. The molecule has 0 bridgehead atoms. The summed E-state index contributed by atoms with van der Waals surface area (Å²) in [5.41, 5.74) is 1.60. The van der Waals surface area contributed by atoms with Gasteiger partial charge in [-0.1, -0.05) is 32.8 Å². The zero-order chi connectivity index (χ0) is 11.8. The van der Waals surface area contributed by atoms with Gasteiger partial charge >= 0.3 is 0 Å². The highest BCUT2D eigenvalue weighted by molar-refractivity contribution is 5.06. The topological polar surface area (TPSA) is 6.48 Å². The molecule has 1 heterocycles. The first-order valence-corrected chi connectivity index (χ1v) is 6.90. The van der Waals surface area contributed by atoms with Crippen LogP contribution in [0, 0.1) is 0 Å². The van der Waals surface area contributed by atoms with Gasteiger partial charge in [0.05, 0.1) is 0 Å². The molecule has 0 amide bonds. The number of hydrogen-bond acceptors (Lipinski definition) is 2. The normalized spacial score (nSPS) is 17.3. The Morgan fingerprint density at radius 1 is 1.19 bits per heavy atom. The van der Waals surface area contributed by atoms with Gasteiger partial charge in [0.25, 0.3) is 0 Å². The van der Waals surface area contributed by atoms with Crippen LogP contribution >= 0.6 is 0 Å². The number of nitrogens with zero attached hydrogens (tertiary/aromatic N) is 2. The van der Waals surface area contributed by atoms with Crippen molar-refractivity contribution >= 4 is 0 Å². The summed E-state index contributed by atoms with van der Waals surface area (Å²) in [6.07, 6.45) is 8.93. The number of unbranched alkanes of at least 4 members (excludes halogenated alkanes) is 2. The van der Waals surface area contributed by atoms with Crippen LogP contribution in [0.1, 0.15) is 46.0 Å². The van der Waals surface area contributed by atoms with Crippen molar-refractivity contribution in [3.8, 4) is 0 Å². The van der Waals surface area contributed by atoms with E-state index in [4.69, 9.17) is 0 Å². The van der Waals surface area contributed by atoms with Crippen molar-refractivity contribution in [2.75, 3.05) is 33.2 Å². The van der Waals surface area contributed by atoms with Gasteiger partial charge in [0.2, 0.25) is 0 Å². The lowest BCUT2D eigenvalue weighted by molar-refractivity contribution is 0.277. The zero-order valence-corrected chi connectivity index (χ0v) is 11.3. The standard InChI is InChI=1S/C14H28N2/c1-4-6-10-16(11-7-5-2)14-8-12-15(3)13-9-14/h8H,4-7,9-13H2,1-3H3. The number of hydrogen-bond donors (Lipinski definition) is 0. The van der Waals surface area contributed by atoms with E-state index < -0.39 is 0 Å². The fourth-order valence-electron chi connectivity index (χ4n) is 2.14. The summed E-state index contributed by atoms with van der Waals surface area (Å²) in [7, 11) is 2.20. The largest absolute Gasteiger partial charge is 0.375 e. The molecular weight excluding hydrogens is 196 g/mol. The van der Waals surface area contributed by atoms with Crippen molar-refractivity contribution in [2.24, 2.45) is 0 Å². The summed E-state index contributed by atoms with van der Waals surface area (Å²) < 4.78 is 0. The van der Waals surface area contributed by atoms with Crippen LogP contribution in [-0.2, 0) is 0 Å². The molecule has 16 heavy (non-hydrogen) atoms. The van der Waals surface area contributed by atoms with Crippen LogP contribution in [0.5, 0.6) is 0 Å². The van der Waals surface area contributed by atoms with Crippen LogP contribution < -0.4 is 0 Å². The maximum absolute atomic E-state index is 2.62. The smallest absolute Gasteiger partial charge is 0.0180 e. The predicted octanol–water partition coefficient (Wildman–Crippen LogP) is 3.11. The molecule has 0 saturated heterocycles. The van der Waals surface area contributed by atoms with Crippen LogP contribution in [0.15, 0.2) is 11.8 Å². The minimum absolute atomic E-state index is 1.13. The first kappa shape index (κ1) is 13.6. The summed E-state index contributed by atoms with van der Waals surface area (Å²) in [6.45, 7) is 9.42. The van der Waals surface area contributed by atoms with Crippen molar-refractivity contribution < 1.29 is 0 Å². The Hall–Kier alpha value is -0.500. The van der Waals surface area contributed by atoms with Crippen LogP contribution in [-0.4, -0.2) is 43.0 Å². The molecule has 2 heteroatoms. The molecule has 0 aliphatic carbocycles. The zero-order valence-electron chi connectivity index (χ0n) is 11.3. The summed E-state index contributed by atoms with van der Waals surface area (Å²) >= 11 is 0. The monoisotopic (exact) mass is 224 g/mol. The van der Waals surface area contributed by atoms with E-state index >= 15 is 0 Å². The maximum atomic E-state index is 2.62. The van der Waals surface area contributed by atoms with Crippen molar-refractivity contribution in [2.45, 2.75) is 46.0 Å². The molecule has 1 aliphatic rings. The van der Waals surface area contributed by atoms with E-state index in [-0.39, 0.29) is 0 Å². The van der Waals surface area contributed by atoms with Gasteiger partial charge in [0.1, 0.15) is 0 Å². The van der Waals surface area contributed by atoms with E-state index in [2.05, 4.69) is 36.8 Å². The molecular formula is C14H28N2. The van der Waals surface area contributed by atoms with Gasteiger partial charge in [-0.05, 0) is 26.3 Å². The third-order valence-electron chi connectivity index (χ3n) is 3.36. The molecule has 0 radical (unpaired) electrons. The quantitative estimate of drug-likeness (QED) is 0.655. The van der Waals surface area contributed by atoms with E-state index in [0.29, 0.717) is 0 Å². The second kappa shape index (κ2) is 7.72. The van der Waals surface area contributed by atoms with Crippen molar-refractivity contribution in [1.29, 1.82) is 0 Å². The Labute approximate surface area is 101 Å². The average Bonchev–Trinajstić information content (AvgIpc) is 2.31. The molecule has 0 unspecified atom stereocenters. The highest BCUT2D eigenvalue weighted by Crippen LogP contribution is 2.16. The fourth-order valence-corrected chi connectivity index (χ4v) is 2.14. The van der Waals surface area contributed by atoms with Gasteiger partial charge in [-0.2, -0.15) is 0 Å². The average molecular weight is 224 g/mol. The van der Waals surface area contributed by atoms with Gasteiger partial charge in [-0.25, -0.2) is 0 Å². The molecule has 0 fully saturated rings. The van der Waals surface area contributed by atoms with Gasteiger partial charge in [0.15, 0.2) is 0 Å². The highest BCUT2D eigenvalue weighted by atomic mass is 15.2. The molecule has 94 valence electrons. The summed E-state index contributed by atoms with van der Waals surface area (Å²) in [5, 5.41) is 0. The maximum Gasteiger partial charge on any atom is 0.0180 e. The van der Waals surface area contributed by atoms with Crippen molar-refractivity contribution in [3.63, 3.8) is 0 Å². The second-order valence-corrected chi connectivity index (χ2v) is 4.90. The Balaban J connectivity index is 2.46. The third kappa shape index (κ3) is 4.56. The van der Waals surface area contributed by atoms with Gasteiger partial charge in [-0.15, -0.1) is 0 Å². The van der Waals surface area contributed by atoms with Crippen LogP contribution in [0.25, 0.3) is 0 Å². The molecule has 0 spiro atoms. The minimum atomic E-state index is 1.13. The molecule has 1 aliphatic heterocycles. The summed E-state index contributed by atoms with van der Waals surface area (Å²) in [5.74, 6) is 0. The van der Waals surface area contributed by atoms with Crippen molar-refractivity contribution in [1.82, 2.24) is 9.80 Å². The minimum Gasteiger partial charge on any atom is -0.375 e. The first-order chi connectivity index (χ1) is 7.77. The Bertz CT molecular complexity index is 203. The van der Waals surface area contributed by atoms with E-state index in [0.717, 1.165) is 6.54 Å². The van der Waals surface area contributed by atoms with Crippen LogP contribution in [0.3, 0.4) is 0 Å². The van der Waals surface area contributed by atoms with Crippen molar-refractivity contribution in [3.05, 3.63) is 11.8 Å². The van der Waals surface area contributed by atoms with E-state index in [1.165, 1.54) is 51.7 Å². The molecule has 2 nitrogen and oxygen atoms in total. The lowest BCUT2D eigenvalue weighted by Gasteiger charge is -2.32. The van der Waals surface area contributed by atoms with Crippen LogP contribution in [0.4, 0.5) is 0 Å². The summed E-state index contributed by atoms with van der Waals surface area (Å²) in [4.78, 5) is 5.02. The second-order valence-electron chi connectivity index (χ2n) is 4.90. The fraction of sp³-hybridized carbons (Fsp3) is 0.857. The van der Waals surface area contributed by atoms with E-state index in [1.54, 1.807) is 5.70 Å². The first-order valence-electron chi connectivity index (χ1n) is 6.90. The SMILES string of the molecule is CCCCN(CCCC)C1=CCN(C)CC1. The molecule has 0 N–H and O–H groups in total. The summed E-state index contributed by atoms with van der Waals surface area (Å²) in [6, 6.07) is 0. The molecule has 0 saturated carbocycles. The Morgan fingerprint density at radius 3 is 2.25 bits per heavy atom. The molecule has 0 aromatic rings. The van der Waals surface area contributed by atoms with E-state index in [1.807, 2.05) is 0 Å². The third-order valence-corrected chi connectivity index (χ3v) is 3.36. The van der Waals surface area contributed by atoms with Gasteiger partial charge in [-0.3, -0.25) is 0 Å². The molecule has 0 aromatic heterocycles. The van der Waals surface area contributed by atoms with Gasteiger partial charge < -0.3 is 9.80 Å².